The number of hydrogen-bond acceptors (Lipinski definition) is 2. The lowest BCUT2D eigenvalue weighted by Crippen LogP contribution is -2.01. The molecule has 4 rings (SSSR count). The van der Waals surface area contributed by atoms with E-state index >= 15 is 0 Å². The van der Waals surface area contributed by atoms with Crippen LogP contribution in [-0.2, 0) is 13.1 Å². The van der Waals surface area contributed by atoms with Crippen molar-refractivity contribution in [3.8, 4) is 0 Å². The fourth-order valence-electron chi connectivity index (χ4n) is 3.30. The summed E-state index contributed by atoms with van der Waals surface area (Å²) in [7, 11) is 0. The summed E-state index contributed by atoms with van der Waals surface area (Å²) in [6.07, 6.45) is 2.19. The molecule has 0 unspecified atom stereocenters. The van der Waals surface area contributed by atoms with Gasteiger partial charge in [0.1, 0.15) is 0 Å². The largest absolute Gasteiger partial charge is 0.478 e. The molecule has 0 fully saturated rings. The summed E-state index contributed by atoms with van der Waals surface area (Å²) in [5, 5.41) is 13.6. The van der Waals surface area contributed by atoms with Gasteiger partial charge in [0.15, 0.2) is 0 Å². The third-order valence-electron chi connectivity index (χ3n) is 4.68. The van der Waals surface area contributed by atoms with Crippen molar-refractivity contribution < 1.29 is 9.90 Å². The van der Waals surface area contributed by atoms with Crippen molar-refractivity contribution in [1.29, 1.82) is 0 Å². The van der Waals surface area contributed by atoms with Crippen LogP contribution >= 0.6 is 0 Å². The zero-order valence-corrected chi connectivity index (χ0v) is 14.8. The molecule has 0 atom stereocenters. The number of carboxylic acid groups (broad SMARTS) is 1. The molecule has 0 amide bonds. The van der Waals surface area contributed by atoms with Crippen LogP contribution in [0.2, 0.25) is 0 Å². The van der Waals surface area contributed by atoms with Gasteiger partial charge in [-0.1, -0.05) is 48.5 Å². The topological polar surface area (TPSA) is 54.3 Å². The normalized spacial score (nSPS) is 10.8. The molecule has 4 nitrogen and oxygen atoms in total. The van der Waals surface area contributed by atoms with Crippen LogP contribution in [0.25, 0.3) is 10.9 Å². The molecule has 0 radical (unpaired) electrons. The second kappa shape index (κ2) is 7.38. The molecule has 134 valence electrons. The van der Waals surface area contributed by atoms with Crippen LogP contribution in [0, 0.1) is 0 Å². The van der Waals surface area contributed by atoms with Gasteiger partial charge in [-0.15, -0.1) is 0 Å². The lowest BCUT2D eigenvalue weighted by molar-refractivity contribution is 0.0697. The van der Waals surface area contributed by atoms with E-state index in [9.17, 15) is 4.79 Å². The average molecular weight is 356 g/mol. The molecule has 2 N–H and O–H groups in total. The highest BCUT2D eigenvalue weighted by molar-refractivity contribution is 5.88. The third-order valence-corrected chi connectivity index (χ3v) is 4.68. The molecule has 4 heteroatoms. The van der Waals surface area contributed by atoms with Crippen molar-refractivity contribution in [1.82, 2.24) is 4.57 Å². The smallest absolute Gasteiger partial charge is 0.335 e. The minimum atomic E-state index is -0.912. The molecule has 0 saturated carbocycles. The standard InChI is InChI=1S/C23H20N2O2/c26-23(27)18-10-12-20(13-11-18)24-14-19-16-25(15-17-6-2-1-3-7-17)22-9-5-4-8-21(19)22/h1-13,16,24H,14-15H2,(H,26,27). The third kappa shape index (κ3) is 3.70. The summed E-state index contributed by atoms with van der Waals surface area (Å²) in [6.45, 7) is 1.50. The second-order valence-electron chi connectivity index (χ2n) is 6.52. The molecule has 0 bridgehead atoms. The molecule has 0 spiro atoms. The first-order valence-corrected chi connectivity index (χ1v) is 8.88. The maximum atomic E-state index is 11.0. The van der Waals surface area contributed by atoms with Gasteiger partial charge in [0.25, 0.3) is 0 Å². The van der Waals surface area contributed by atoms with Crippen LogP contribution in [0.15, 0.2) is 85.1 Å². The monoisotopic (exact) mass is 356 g/mol. The average Bonchev–Trinajstić information content (AvgIpc) is 3.05. The van der Waals surface area contributed by atoms with Crippen LogP contribution < -0.4 is 5.32 Å². The minimum Gasteiger partial charge on any atom is -0.478 e. The van der Waals surface area contributed by atoms with Crippen LogP contribution in [0.5, 0.6) is 0 Å². The first kappa shape index (κ1) is 16.9. The van der Waals surface area contributed by atoms with E-state index in [4.69, 9.17) is 5.11 Å². The van der Waals surface area contributed by atoms with Crippen LogP contribution in [0.3, 0.4) is 0 Å². The molecule has 0 aliphatic rings. The molecular formula is C23H20N2O2. The second-order valence-corrected chi connectivity index (χ2v) is 6.52. The maximum absolute atomic E-state index is 11.0. The van der Waals surface area contributed by atoms with E-state index in [0.717, 1.165) is 12.2 Å². The number of rotatable bonds is 6. The zero-order valence-electron chi connectivity index (χ0n) is 14.8. The van der Waals surface area contributed by atoms with Gasteiger partial charge in [0.05, 0.1) is 5.56 Å². The summed E-state index contributed by atoms with van der Waals surface area (Å²) >= 11 is 0. The molecule has 0 aliphatic carbocycles. The number of fused-ring (bicyclic) bond motifs is 1. The molecule has 0 aliphatic heterocycles. The number of aromatic nitrogens is 1. The summed E-state index contributed by atoms with van der Waals surface area (Å²) < 4.78 is 2.27. The van der Waals surface area contributed by atoms with Gasteiger partial charge in [0, 0.05) is 35.9 Å². The summed E-state index contributed by atoms with van der Waals surface area (Å²) in [4.78, 5) is 11.0. The van der Waals surface area contributed by atoms with Crippen molar-refractivity contribution in [2.75, 3.05) is 5.32 Å². The van der Waals surface area contributed by atoms with E-state index in [1.54, 1.807) is 24.3 Å². The van der Waals surface area contributed by atoms with Crippen LogP contribution in [0.1, 0.15) is 21.5 Å². The minimum absolute atomic E-state index is 0.292. The number of benzene rings is 3. The number of hydrogen-bond donors (Lipinski definition) is 2. The molecular weight excluding hydrogens is 336 g/mol. The van der Waals surface area contributed by atoms with Gasteiger partial charge < -0.3 is 15.0 Å². The van der Waals surface area contributed by atoms with Gasteiger partial charge in [-0.3, -0.25) is 0 Å². The number of nitrogens with zero attached hydrogens (tertiary/aromatic N) is 1. The highest BCUT2D eigenvalue weighted by Gasteiger charge is 2.09. The number of nitrogens with one attached hydrogen (secondary N) is 1. The molecule has 4 aromatic rings. The van der Waals surface area contributed by atoms with E-state index in [-0.39, 0.29) is 0 Å². The van der Waals surface area contributed by atoms with Crippen molar-refractivity contribution in [2.24, 2.45) is 0 Å². The number of para-hydroxylation sites is 1. The molecule has 27 heavy (non-hydrogen) atoms. The van der Waals surface area contributed by atoms with E-state index in [2.05, 4.69) is 64.6 Å². The number of anilines is 1. The Morgan fingerprint density at radius 1 is 0.889 bits per heavy atom. The van der Waals surface area contributed by atoms with Gasteiger partial charge in [-0.2, -0.15) is 0 Å². The Morgan fingerprint density at radius 2 is 1.59 bits per heavy atom. The van der Waals surface area contributed by atoms with Crippen LogP contribution in [-0.4, -0.2) is 15.6 Å². The Balaban J connectivity index is 1.57. The Bertz CT molecular complexity index is 1070. The number of carbonyl (C=O) groups is 1. The summed E-state index contributed by atoms with van der Waals surface area (Å²) in [6, 6.07) is 25.6. The highest BCUT2D eigenvalue weighted by atomic mass is 16.4. The van der Waals surface area contributed by atoms with Crippen molar-refractivity contribution >= 4 is 22.6 Å². The van der Waals surface area contributed by atoms with E-state index < -0.39 is 5.97 Å². The van der Waals surface area contributed by atoms with E-state index in [1.165, 1.54) is 22.0 Å². The maximum Gasteiger partial charge on any atom is 0.335 e. The van der Waals surface area contributed by atoms with Crippen molar-refractivity contribution in [3.05, 3.63) is 102 Å². The first-order chi connectivity index (χ1) is 13.2. The zero-order chi connectivity index (χ0) is 18.6. The van der Waals surface area contributed by atoms with Gasteiger partial charge >= 0.3 is 5.97 Å². The quantitative estimate of drug-likeness (QED) is 0.511. The number of carboxylic acids is 1. The molecule has 1 aromatic heterocycles. The fraction of sp³-hybridized carbons (Fsp3) is 0.0870. The lowest BCUT2D eigenvalue weighted by atomic mass is 10.1. The Hall–Kier alpha value is -3.53. The van der Waals surface area contributed by atoms with E-state index in [1.807, 2.05) is 6.07 Å². The fourth-order valence-corrected chi connectivity index (χ4v) is 3.30. The van der Waals surface area contributed by atoms with Crippen molar-refractivity contribution in [3.63, 3.8) is 0 Å². The Labute approximate surface area is 157 Å². The lowest BCUT2D eigenvalue weighted by Gasteiger charge is -2.06. The van der Waals surface area contributed by atoms with Gasteiger partial charge in [-0.05, 0) is 41.5 Å². The molecule has 0 saturated heterocycles. The van der Waals surface area contributed by atoms with Gasteiger partial charge in [-0.25, -0.2) is 4.79 Å². The molecule has 1 heterocycles. The first-order valence-electron chi connectivity index (χ1n) is 8.88. The predicted molar refractivity (Wildman–Crippen MR) is 108 cm³/mol. The Morgan fingerprint density at radius 3 is 2.33 bits per heavy atom. The molecule has 3 aromatic carbocycles. The summed E-state index contributed by atoms with van der Waals surface area (Å²) in [5.41, 5.74) is 4.88. The predicted octanol–water partition coefficient (Wildman–Crippen LogP) is 5.00. The van der Waals surface area contributed by atoms with Crippen molar-refractivity contribution in [2.45, 2.75) is 13.1 Å². The van der Waals surface area contributed by atoms with Crippen LogP contribution in [0.4, 0.5) is 5.69 Å². The van der Waals surface area contributed by atoms with E-state index in [0.29, 0.717) is 12.1 Å². The number of aromatic carboxylic acids is 1. The van der Waals surface area contributed by atoms with Gasteiger partial charge in [0.2, 0.25) is 0 Å². The summed E-state index contributed by atoms with van der Waals surface area (Å²) in [5.74, 6) is -0.912. The Kier molecular flexibility index (Phi) is 4.62. The SMILES string of the molecule is O=C(O)c1ccc(NCc2cn(Cc3ccccc3)c3ccccc23)cc1. The highest BCUT2D eigenvalue weighted by Crippen LogP contribution is 2.23.